The highest BCUT2D eigenvalue weighted by molar-refractivity contribution is 6.30. The Morgan fingerprint density at radius 3 is 2.62 bits per heavy atom. The van der Waals surface area contributed by atoms with Crippen molar-refractivity contribution >= 4 is 28.8 Å². The van der Waals surface area contributed by atoms with E-state index < -0.39 is 11.7 Å². The van der Waals surface area contributed by atoms with Gasteiger partial charge in [0.25, 0.3) is 0 Å². The Kier molecular flexibility index (Phi) is 3.91. The van der Waals surface area contributed by atoms with Crippen molar-refractivity contribution in [2.75, 3.05) is 11.1 Å². The number of aromatic nitrogens is 1. The number of hydrogen-bond acceptors (Lipinski definition) is 4. The van der Waals surface area contributed by atoms with Crippen LogP contribution in [-0.2, 0) is 6.18 Å². The highest BCUT2D eigenvalue weighted by Gasteiger charge is 2.34. The van der Waals surface area contributed by atoms with Crippen LogP contribution in [0.4, 0.5) is 30.4 Å². The van der Waals surface area contributed by atoms with Crippen molar-refractivity contribution in [2.24, 2.45) is 0 Å². The lowest BCUT2D eigenvalue weighted by atomic mass is 10.1. The number of nitriles is 1. The van der Waals surface area contributed by atoms with Gasteiger partial charge in [-0.3, -0.25) is 0 Å². The highest BCUT2D eigenvalue weighted by atomic mass is 35.5. The van der Waals surface area contributed by atoms with Crippen LogP contribution in [0.1, 0.15) is 11.1 Å². The predicted octanol–water partition coefficient (Wildman–Crippen LogP) is 3.95. The maximum absolute atomic E-state index is 13.0. The second-order valence-corrected chi connectivity index (χ2v) is 4.53. The molecule has 2 rings (SSSR count). The summed E-state index contributed by atoms with van der Waals surface area (Å²) < 4.78 is 38.9. The fourth-order valence-corrected chi connectivity index (χ4v) is 1.83. The van der Waals surface area contributed by atoms with Crippen LogP contribution in [0.2, 0.25) is 5.02 Å². The molecule has 3 N–H and O–H groups in total. The van der Waals surface area contributed by atoms with Gasteiger partial charge in [-0.1, -0.05) is 11.6 Å². The third kappa shape index (κ3) is 3.35. The van der Waals surface area contributed by atoms with Gasteiger partial charge in [0.2, 0.25) is 0 Å². The standard InChI is InChI=1S/C13H8ClF3N4/c14-8-1-2-11(10(4-8)13(15,16)17)21-12-7(5-18)3-9(19)6-20-12/h1-4,6H,19H2,(H,20,21). The van der Waals surface area contributed by atoms with Gasteiger partial charge in [-0.15, -0.1) is 0 Å². The predicted molar refractivity (Wildman–Crippen MR) is 73.1 cm³/mol. The summed E-state index contributed by atoms with van der Waals surface area (Å²) in [5.74, 6) is -0.0143. The van der Waals surface area contributed by atoms with Crippen LogP contribution in [0.25, 0.3) is 0 Å². The number of anilines is 3. The molecule has 0 aliphatic rings. The number of nitrogens with two attached hydrogens (primary N) is 1. The van der Waals surface area contributed by atoms with Gasteiger partial charge >= 0.3 is 6.18 Å². The highest BCUT2D eigenvalue weighted by Crippen LogP contribution is 2.37. The average molecular weight is 313 g/mol. The molecule has 1 aromatic heterocycles. The van der Waals surface area contributed by atoms with Crippen molar-refractivity contribution < 1.29 is 13.2 Å². The van der Waals surface area contributed by atoms with Crippen LogP contribution in [0.3, 0.4) is 0 Å². The molecule has 0 spiro atoms. The minimum absolute atomic E-state index is 0.0143. The molecule has 0 unspecified atom stereocenters. The number of pyridine rings is 1. The van der Waals surface area contributed by atoms with Gasteiger partial charge in [-0.2, -0.15) is 18.4 Å². The molecule has 0 radical (unpaired) electrons. The Labute approximate surface area is 123 Å². The summed E-state index contributed by atoms with van der Waals surface area (Å²) >= 11 is 5.59. The van der Waals surface area contributed by atoms with Crippen molar-refractivity contribution in [1.82, 2.24) is 4.98 Å². The maximum atomic E-state index is 13.0. The number of nitrogens with zero attached hydrogens (tertiary/aromatic N) is 2. The lowest BCUT2D eigenvalue weighted by Gasteiger charge is -2.15. The van der Waals surface area contributed by atoms with E-state index in [9.17, 15) is 13.2 Å². The molecule has 2 aromatic rings. The molecule has 4 nitrogen and oxygen atoms in total. The maximum Gasteiger partial charge on any atom is 0.418 e. The Balaban J connectivity index is 2.48. The lowest BCUT2D eigenvalue weighted by molar-refractivity contribution is -0.136. The lowest BCUT2D eigenvalue weighted by Crippen LogP contribution is -2.10. The SMILES string of the molecule is N#Cc1cc(N)cnc1Nc1ccc(Cl)cc1C(F)(F)F. The molecule has 0 saturated carbocycles. The van der Waals surface area contributed by atoms with Crippen molar-refractivity contribution in [3.05, 3.63) is 46.6 Å². The van der Waals surface area contributed by atoms with Crippen LogP contribution in [0, 0.1) is 11.3 Å². The van der Waals surface area contributed by atoms with E-state index in [1.165, 1.54) is 24.4 Å². The summed E-state index contributed by atoms with van der Waals surface area (Å²) in [5, 5.41) is 11.4. The second-order valence-electron chi connectivity index (χ2n) is 4.09. The first kappa shape index (κ1) is 14.9. The molecule has 0 saturated heterocycles. The molecule has 0 amide bonds. The number of halogens is 4. The normalized spacial score (nSPS) is 11.0. The molecule has 1 aromatic carbocycles. The van der Waals surface area contributed by atoms with Crippen molar-refractivity contribution in [3.63, 3.8) is 0 Å². The molecule has 1 heterocycles. The summed E-state index contributed by atoms with van der Waals surface area (Å²) in [4.78, 5) is 3.83. The summed E-state index contributed by atoms with van der Waals surface area (Å²) in [6, 6.07) is 6.41. The van der Waals surface area contributed by atoms with Gasteiger partial charge in [-0.25, -0.2) is 4.98 Å². The molecule has 0 atom stereocenters. The largest absolute Gasteiger partial charge is 0.418 e. The van der Waals surface area contributed by atoms with E-state index in [-0.39, 0.29) is 27.8 Å². The number of alkyl halides is 3. The van der Waals surface area contributed by atoms with Crippen LogP contribution in [0.5, 0.6) is 0 Å². The Morgan fingerprint density at radius 1 is 1.29 bits per heavy atom. The molecule has 0 fully saturated rings. The fourth-order valence-electron chi connectivity index (χ4n) is 1.65. The number of hydrogen-bond donors (Lipinski definition) is 2. The zero-order valence-corrected chi connectivity index (χ0v) is 11.1. The topological polar surface area (TPSA) is 74.7 Å². The molecule has 0 aliphatic carbocycles. The first-order chi connectivity index (χ1) is 9.81. The first-order valence-corrected chi connectivity index (χ1v) is 5.98. The molecule has 108 valence electrons. The second kappa shape index (κ2) is 5.50. The monoisotopic (exact) mass is 312 g/mol. The molecule has 0 bridgehead atoms. The minimum atomic E-state index is -4.59. The third-order valence-corrected chi connectivity index (χ3v) is 2.80. The Morgan fingerprint density at radius 2 is 2.00 bits per heavy atom. The number of nitrogen functional groups attached to an aromatic ring is 1. The van der Waals surface area contributed by atoms with E-state index in [1.807, 2.05) is 6.07 Å². The van der Waals surface area contributed by atoms with Gasteiger partial charge in [0, 0.05) is 5.02 Å². The van der Waals surface area contributed by atoms with Crippen LogP contribution >= 0.6 is 11.6 Å². The first-order valence-electron chi connectivity index (χ1n) is 5.60. The van der Waals surface area contributed by atoms with E-state index in [1.54, 1.807) is 0 Å². The summed E-state index contributed by atoms with van der Waals surface area (Å²) in [7, 11) is 0. The van der Waals surface area contributed by atoms with Crippen LogP contribution in [0.15, 0.2) is 30.5 Å². The van der Waals surface area contributed by atoms with Crippen molar-refractivity contribution in [2.45, 2.75) is 6.18 Å². The fraction of sp³-hybridized carbons (Fsp3) is 0.0769. The summed E-state index contributed by atoms with van der Waals surface area (Å²) in [5.41, 5.74) is 4.56. The molecular formula is C13H8ClF3N4. The van der Waals surface area contributed by atoms with Gasteiger partial charge in [0.05, 0.1) is 28.7 Å². The van der Waals surface area contributed by atoms with E-state index in [2.05, 4.69) is 10.3 Å². The average Bonchev–Trinajstić information content (AvgIpc) is 2.41. The van der Waals surface area contributed by atoms with Crippen molar-refractivity contribution in [3.8, 4) is 6.07 Å². The molecule has 0 aliphatic heterocycles. The van der Waals surface area contributed by atoms with Gasteiger partial charge in [-0.05, 0) is 24.3 Å². The van der Waals surface area contributed by atoms with Crippen molar-refractivity contribution in [1.29, 1.82) is 5.26 Å². The Bertz CT molecular complexity index is 722. The van der Waals surface area contributed by atoms with E-state index in [0.717, 1.165) is 6.07 Å². The third-order valence-electron chi connectivity index (χ3n) is 2.57. The number of rotatable bonds is 2. The quantitative estimate of drug-likeness (QED) is 0.880. The van der Waals surface area contributed by atoms with E-state index in [0.29, 0.717) is 0 Å². The zero-order chi connectivity index (χ0) is 15.6. The van der Waals surface area contributed by atoms with E-state index >= 15 is 0 Å². The smallest absolute Gasteiger partial charge is 0.397 e. The van der Waals surface area contributed by atoms with Crippen LogP contribution < -0.4 is 11.1 Å². The van der Waals surface area contributed by atoms with Gasteiger partial charge in [0.1, 0.15) is 11.9 Å². The minimum Gasteiger partial charge on any atom is -0.397 e. The zero-order valence-electron chi connectivity index (χ0n) is 10.4. The molecule has 21 heavy (non-hydrogen) atoms. The van der Waals surface area contributed by atoms with Gasteiger partial charge in [0.15, 0.2) is 0 Å². The summed E-state index contributed by atoms with van der Waals surface area (Å²) in [6.45, 7) is 0. The summed E-state index contributed by atoms with van der Waals surface area (Å²) in [6.07, 6.45) is -3.35. The number of nitrogens with one attached hydrogen (secondary N) is 1. The number of benzene rings is 1. The van der Waals surface area contributed by atoms with Gasteiger partial charge < -0.3 is 11.1 Å². The molecular weight excluding hydrogens is 305 g/mol. The van der Waals surface area contributed by atoms with Crippen LogP contribution in [-0.4, -0.2) is 4.98 Å². The van der Waals surface area contributed by atoms with E-state index in [4.69, 9.17) is 22.6 Å². The molecule has 8 heteroatoms. The Hall–Kier alpha value is -2.46.